The summed E-state index contributed by atoms with van der Waals surface area (Å²) in [6.07, 6.45) is 0. The maximum Gasteiger partial charge on any atom is 0.312 e. The van der Waals surface area contributed by atoms with Crippen LogP contribution < -0.4 is 4.90 Å². The number of anilines is 1. The number of carbonyl (C=O) groups is 1. The average molecular weight is 289 g/mol. The summed E-state index contributed by atoms with van der Waals surface area (Å²) >= 11 is 0. The SMILES string of the molecule is O=C(O)C1CN(Cc2c(F)cccc2F)c2ccccc21. The first-order valence-corrected chi connectivity index (χ1v) is 6.57. The van der Waals surface area contributed by atoms with Gasteiger partial charge in [0.25, 0.3) is 0 Å². The molecule has 0 radical (unpaired) electrons. The van der Waals surface area contributed by atoms with E-state index in [1.54, 1.807) is 29.2 Å². The van der Waals surface area contributed by atoms with Gasteiger partial charge in [0.1, 0.15) is 17.6 Å². The lowest BCUT2D eigenvalue weighted by Gasteiger charge is -2.20. The number of benzene rings is 2. The molecule has 21 heavy (non-hydrogen) atoms. The van der Waals surface area contributed by atoms with Crippen LogP contribution in [0.1, 0.15) is 17.0 Å². The van der Waals surface area contributed by atoms with E-state index in [-0.39, 0.29) is 18.7 Å². The molecule has 1 unspecified atom stereocenters. The zero-order valence-electron chi connectivity index (χ0n) is 11.1. The number of hydrogen-bond donors (Lipinski definition) is 1. The van der Waals surface area contributed by atoms with Crippen molar-refractivity contribution in [3.63, 3.8) is 0 Å². The topological polar surface area (TPSA) is 40.5 Å². The molecule has 0 spiro atoms. The van der Waals surface area contributed by atoms with Crippen molar-refractivity contribution in [2.24, 2.45) is 0 Å². The zero-order valence-corrected chi connectivity index (χ0v) is 11.1. The van der Waals surface area contributed by atoms with Gasteiger partial charge < -0.3 is 10.0 Å². The van der Waals surface area contributed by atoms with Gasteiger partial charge >= 0.3 is 5.97 Å². The second kappa shape index (κ2) is 5.16. The lowest BCUT2D eigenvalue weighted by Crippen LogP contribution is -2.25. The number of carboxylic acid groups (broad SMARTS) is 1. The number of nitrogens with zero attached hydrogens (tertiary/aromatic N) is 1. The second-order valence-corrected chi connectivity index (χ2v) is 5.03. The van der Waals surface area contributed by atoms with Crippen LogP contribution in [0.25, 0.3) is 0 Å². The van der Waals surface area contributed by atoms with Crippen molar-refractivity contribution in [1.82, 2.24) is 0 Å². The highest BCUT2D eigenvalue weighted by molar-refractivity contribution is 5.82. The molecule has 0 saturated carbocycles. The van der Waals surface area contributed by atoms with E-state index in [9.17, 15) is 18.7 Å². The van der Waals surface area contributed by atoms with Crippen molar-refractivity contribution >= 4 is 11.7 Å². The van der Waals surface area contributed by atoms with Gasteiger partial charge in [-0.25, -0.2) is 8.78 Å². The number of carboxylic acids is 1. The third kappa shape index (κ3) is 2.35. The molecule has 0 aromatic heterocycles. The summed E-state index contributed by atoms with van der Waals surface area (Å²) < 4.78 is 27.5. The fourth-order valence-electron chi connectivity index (χ4n) is 2.72. The monoisotopic (exact) mass is 289 g/mol. The van der Waals surface area contributed by atoms with Gasteiger partial charge in [-0.05, 0) is 23.8 Å². The summed E-state index contributed by atoms with van der Waals surface area (Å²) in [6.45, 7) is 0.224. The molecular formula is C16H13F2NO2. The average Bonchev–Trinajstić information content (AvgIpc) is 2.82. The van der Waals surface area contributed by atoms with Gasteiger partial charge in [-0.1, -0.05) is 24.3 Å². The summed E-state index contributed by atoms with van der Waals surface area (Å²) in [6, 6.07) is 10.8. The van der Waals surface area contributed by atoms with E-state index in [4.69, 9.17) is 0 Å². The smallest absolute Gasteiger partial charge is 0.312 e. The molecule has 0 fully saturated rings. The van der Waals surface area contributed by atoms with Crippen LogP contribution in [0.3, 0.4) is 0 Å². The van der Waals surface area contributed by atoms with Crippen LogP contribution in [-0.4, -0.2) is 17.6 Å². The molecule has 0 amide bonds. The molecular weight excluding hydrogens is 276 g/mol. The molecule has 2 aromatic rings. The fraction of sp³-hybridized carbons (Fsp3) is 0.188. The summed E-state index contributed by atoms with van der Waals surface area (Å²) in [4.78, 5) is 13.0. The predicted octanol–water partition coefficient (Wildman–Crippen LogP) is 3.15. The predicted molar refractivity (Wildman–Crippen MR) is 74.2 cm³/mol. The van der Waals surface area contributed by atoms with Crippen LogP contribution in [0.4, 0.5) is 14.5 Å². The van der Waals surface area contributed by atoms with Gasteiger partial charge in [0.2, 0.25) is 0 Å². The molecule has 1 aliphatic rings. The van der Waals surface area contributed by atoms with E-state index < -0.39 is 23.5 Å². The molecule has 0 aliphatic carbocycles. The summed E-state index contributed by atoms with van der Waals surface area (Å²) in [5, 5.41) is 9.28. The number of halogens is 2. The Balaban J connectivity index is 1.96. The standard InChI is InChI=1S/C16H13F2NO2/c17-13-5-3-6-14(18)12(13)9-19-8-11(16(20)21)10-4-1-2-7-15(10)19/h1-7,11H,8-9H2,(H,20,21). The maximum absolute atomic E-state index is 13.8. The van der Waals surface area contributed by atoms with E-state index in [1.807, 2.05) is 0 Å². The van der Waals surface area contributed by atoms with Crippen LogP contribution in [0, 0.1) is 11.6 Å². The van der Waals surface area contributed by atoms with Crippen molar-refractivity contribution in [1.29, 1.82) is 0 Å². The quantitative estimate of drug-likeness (QED) is 0.943. The molecule has 1 atom stereocenters. The van der Waals surface area contributed by atoms with Gasteiger partial charge in [-0.15, -0.1) is 0 Å². The number of hydrogen-bond acceptors (Lipinski definition) is 2. The van der Waals surface area contributed by atoms with Crippen LogP contribution in [0.15, 0.2) is 42.5 Å². The van der Waals surface area contributed by atoms with Gasteiger partial charge in [0, 0.05) is 24.3 Å². The van der Waals surface area contributed by atoms with Crippen molar-refractivity contribution in [2.75, 3.05) is 11.4 Å². The number of rotatable bonds is 3. The molecule has 1 heterocycles. The van der Waals surface area contributed by atoms with Crippen molar-refractivity contribution in [3.05, 3.63) is 65.2 Å². The largest absolute Gasteiger partial charge is 0.481 e. The van der Waals surface area contributed by atoms with Crippen LogP contribution in [0.2, 0.25) is 0 Å². The fourth-order valence-corrected chi connectivity index (χ4v) is 2.72. The van der Waals surface area contributed by atoms with Crippen LogP contribution >= 0.6 is 0 Å². The van der Waals surface area contributed by atoms with Gasteiger partial charge in [0.05, 0.1) is 0 Å². The molecule has 0 bridgehead atoms. The van der Waals surface area contributed by atoms with E-state index in [2.05, 4.69) is 0 Å². The molecule has 0 saturated heterocycles. The Morgan fingerprint density at radius 2 is 1.81 bits per heavy atom. The molecule has 1 N–H and O–H groups in total. The van der Waals surface area contributed by atoms with Gasteiger partial charge in [-0.2, -0.15) is 0 Å². The zero-order chi connectivity index (χ0) is 15.0. The van der Waals surface area contributed by atoms with Crippen molar-refractivity contribution in [2.45, 2.75) is 12.5 Å². The first kappa shape index (κ1) is 13.5. The molecule has 108 valence electrons. The highest BCUT2D eigenvalue weighted by atomic mass is 19.1. The Morgan fingerprint density at radius 3 is 2.48 bits per heavy atom. The minimum absolute atomic E-state index is 0.0132. The molecule has 3 rings (SSSR count). The summed E-state index contributed by atoms with van der Waals surface area (Å²) in [7, 11) is 0. The third-order valence-electron chi connectivity index (χ3n) is 3.76. The van der Waals surface area contributed by atoms with Crippen LogP contribution in [0.5, 0.6) is 0 Å². The van der Waals surface area contributed by atoms with Crippen molar-refractivity contribution < 1.29 is 18.7 Å². The van der Waals surface area contributed by atoms with E-state index in [0.717, 1.165) is 0 Å². The summed E-state index contributed by atoms with van der Waals surface area (Å²) in [5.74, 6) is -2.84. The first-order chi connectivity index (χ1) is 10.1. The minimum atomic E-state index is -0.932. The normalized spacial score (nSPS) is 16.9. The van der Waals surface area contributed by atoms with E-state index in [0.29, 0.717) is 11.3 Å². The Kier molecular flexibility index (Phi) is 3.33. The minimum Gasteiger partial charge on any atom is -0.481 e. The number of para-hydroxylation sites is 1. The third-order valence-corrected chi connectivity index (χ3v) is 3.76. The summed E-state index contributed by atoms with van der Waals surface area (Å²) in [5.41, 5.74) is 1.35. The Labute approximate surface area is 120 Å². The van der Waals surface area contributed by atoms with Gasteiger partial charge in [-0.3, -0.25) is 4.79 Å². The molecule has 3 nitrogen and oxygen atoms in total. The van der Waals surface area contributed by atoms with Crippen LogP contribution in [-0.2, 0) is 11.3 Å². The lowest BCUT2D eigenvalue weighted by atomic mass is 10.0. The molecule has 1 aliphatic heterocycles. The Morgan fingerprint density at radius 1 is 1.14 bits per heavy atom. The highest BCUT2D eigenvalue weighted by Crippen LogP contribution is 2.37. The van der Waals surface area contributed by atoms with E-state index in [1.165, 1.54) is 18.2 Å². The Hall–Kier alpha value is -2.43. The first-order valence-electron chi connectivity index (χ1n) is 6.57. The van der Waals surface area contributed by atoms with Crippen molar-refractivity contribution in [3.8, 4) is 0 Å². The number of fused-ring (bicyclic) bond motifs is 1. The molecule has 2 aromatic carbocycles. The highest BCUT2D eigenvalue weighted by Gasteiger charge is 2.33. The lowest BCUT2D eigenvalue weighted by molar-refractivity contribution is -0.138. The number of aliphatic carboxylic acids is 1. The molecule has 5 heteroatoms. The van der Waals surface area contributed by atoms with E-state index >= 15 is 0 Å². The Bertz CT molecular complexity index is 682. The second-order valence-electron chi connectivity index (χ2n) is 5.03. The van der Waals surface area contributed by atoms with Gasteiger partial charge in [0.15, 0.2) is 0 Å². The maximum atomic E-state index is 13.8.